The van der Waals surface area contributed by atoms with E-state index in [1.165, 1.54) is 17.5 Å². The van der Waals surface area contributed by atoms with Crippen LogP contribution in [0.15, 0.2) is 29.0 Å². The molecule has 0 unspecified atom stereocenters. The first kappa shape index (κ1) is 10.9. The van der Waals surface area contributed by atoms with Gasteiger partial charge in [-0.1, -0.05) is 12.1 Å². The van der Waals surface area contributed by atoms with Gasteiger partial charge in [0.2, 0.25) is 0 Å². The van der Waals surface area contributed by atoms with Gasteiger partial charge in [-0.2, -0.15) is 0 Å². The summed E-state index contributed by atoms with van der Waals surface area (Å²) in [5.41, 5.74) is 4.60. The molecule has 3 heteroatoms. The van der Waals surface area contributed by atoms with Gasteiger partial charge in [-0.15, -0.1) is 0 Å². The third-order valence-electron chi connectivity index (χ3n) is 2.75. The second-order valence-corrected chi connectivity index (χ2v) is 3.96. The Morgan fingerprint density at radius 1 is 1.25 bits per heavy atom. The molecular weight excluding hydrogens is 200 g/mol. The molecule has 2 rings (SSSR count). The van der Waals surface area contributed by atoms with Crippen molar-refractivity contribution in [3.8, 4) is 11.3 Å². The lowest BCUT2D eigenvalue weighted by atomic mass is 10.0. The van der Waals surface area contributed by atoms with Crippen molar-refractivity contribution in [3.05, 3.63) is 41.4 Å². The first-order chi connectivity index (χ1) is 7.72. The van der Waals surface area contributed by atoms with Crippen LogP contribution in [0.3, 0.4) is 0 Å². The van der Waals surface area contributed by atoms with Crippen LogP contribution >= 0.6 is 0 Å². The molecule has 0 aliphatic rings. The first-order valence-corrected chi connectivity index (χ1v) is 5.37. The number of rotatable bonds is 3. The fraction of sp³-hybridized carbons (Fsp3) is 0.308. The molecule has 0 bridgehead atoms. The van der Waals surface area contributed by atoms with E-state index in [1.54, 1.807) is 0 Å². The highest BCUT2D eigenvalue weighted by molar-refractivity contribution is 5.61. The quantitative estimate of drug-likeness (QED) is 0.857. The molecule has 0 aliphatic carbocycles. The Labute approximate surface area is 95.5 Å². The van der Waals surface area contributed by atoms with Crippen molar-refractivity contribution in [2.45, 2.75) is 20.4 Å². The van der Waals surface area contributed by atoms with E-state index >= 15 is 0 Å². The summed E-state index contributed by atoms with van der Waals surface area (Å²) in [5.74, 6) is 0.859. The lowest BCUT2D eigenvalue weighted by Crippen LogP contribution is -2.06. The lowest BCUT2D eigenvalue weighted by Gasteiger charge is -2.04. The zero-order valence-corrected chi connectivity index (χ0v) is 9.87. The molecule has 1 N–H and O–H groups in total. The van der Waals surface area contributed by atoms with Crippen LogP contribution in [-0.2, 0) is 6.54 Å². The number of hydrogen-bond acceptors (Lipinski definition) is 3. The SMILES string of the molecule is CNCc1ncoc1-c1ccc(C)c(C)c1. The Morgan fingerprint density at radius 2 is 2.06 bits per heavy atom. The molecule has 84 valence electrons. The van der Waals surface area contributed by atoms with E-state index in [0.29, 0.717) is 0 Å². The van der Waals surface area contributed by atoms with Crippen LogP contribution in [0.25, 0.3) is 11.3 Å². The standard InChI is InChI=1S/C13H16N2O/c1-9-4-5-11(6-10(9)2)13-12(7-14-3)15-8-16-13/h4-6,8,14H,7H2,1-3H3. The van der Waals surface area contributed by atoms with Gasteiger partial charge in [0.15, 0.2) is 12.2 Å². The number of nitrogens with zero attached hydrogens (tertiary/aromatic N) is 1. The zero-order chi connectivity index (χ0) is 11.5. The molecule has 0 amide bonds. The third kappa shape index (κ3) is 1.99. The predicted octanol–water partition coefficient (Wildman–Crippen LogP) is 2.68. The van der Waals surface area contributed by atoms with Crippen LogP contribution < -0.4 is 5.32 Å². The van der Waals surface area contributed by atoms with Gasteiger partial charge in [0.1, 0.15) is 5.69 Å². The molecule has 0 saturated heterocycles. The molecule has 0 aliphatic heterocycles. The summed E-state index contributed by atoms with van der Waals surface area (Å²) in [4.78, 5) is 4.21. The Bertz CT molecular complexity index is 488. The number of aryl methyl sites for hydroxylation is 2. The molecule has 3 nitrogen and oxygen atoms in total. The van der Waals surface area contributed by atoms with Gasteiger partial charge in [-0.25, -0.2) is 4.98 Å². The van der Waals surface area contributed by atoms with E-state index in [1.807, 2.05) is 7.05 Å². The minimum absolute atomic E-state index is 0.721. The largest absolute Gasteiger partial charge is 0.443 e. The smallest absolute Gasteiger partial charge is 0.181 e. The fourth-order valence-electron chi connectivity index (χ4n) is 1.68. The highest BCUT2D eigenvalue weighted by Gasteiger charge is 2.10. The van der Waals surface area contributed by atoms with Crippen molar-refractivity contribution in [3.63, 3.8) is 0 Å². The predicted molar refractivity (Wildman–Crippen MR) is 64.2 cm³/mol. The van der Waals surface area contributed by atoms with Crippen molar-refractivity contribution in [2.24, 2.45) is 0 Å². The number of oxazole rings is 1. The van der Waals surface area contributed by atoms with Crippen LogP contribution in [0.2, 0.25) is 0 Å². The van der Waals surface area contributed by atoms with Gasteiger partial charge >= 0.3 is 0 Å². The lowest BCUT2D eigenvalue weighted by molar-refractivity contribution is 0.570. The Kier molecular flexibility index (Phi) is 3.06. The molecule has 0 saturated carbocycles. The molecule has 2 aromatic rings. The average Bonchev–Trinajstić information content (AvgIpc) is 2.71. The molecule has 0 radical (unpaired) electrons. The maximum Gasteiger partial charge on any atom is 0.181 e. The normalized spacial score (nSPS) is 10.7. The summed E-state index contributed by atoms with van der Waals surface area (Å²) < 4.78 is 5.45. The van der Waals surface area contributed by atoms with E-state index < -0.39 is 0 Å². The van der Waals surface area contributed by atoms with Crippen molar-refractivity contribution < 1.29 is 4.42 Å². The summed E-state index contributed by atoms with van der Waals surface area (Å²) in [7, 11) is 1.90. The molecule has 0 fully saturated rings. The molecule has 1 aromatic carbocycles. The van der Waals surface area contributed by atoms with Crippen LogP contribution in [-0.4, -0.2) is 12.0 Å². The van der Waals surface area contributed by atoms with E-state index in [0.717, 1.165) is 23.6 Å². The maximum absolute atomic E-state index is 5.45. The summed E-state index contributed by atoms with van der Waals surface area (Å²) >= 11 is 0. The fourth-order valence-corrected chi connectivity index (χ4v) is 1.68. The molecule has 1 aromatic heterocycles. The molecular formula is C13H16N2O. The molecule has 0 spiro atoms. The van der Waals surface area contributed by atoms with E-state index in [4.69, 9.17) is 4.42 Å². The van der Waals surface area contributed by atoms with Gasteiger partial charge in [0.25, 0.3) is 0 Å². The topological polar surface area (TPSA) is 38.1 Å². The summed E-state index contributed by atoms with van der Waals surface area (Å²) in [5, 5.41) is 3.08. The average molecular weight is 216 g/mol. The highest BCUT2D eigenvalue weighted by Crippen LogP contribution is 2.25. The van der Waals surface area contributed by atoms with E-state index in [2.05, 4.69) is 42.3 Å². The summed E-state index contributed by atoms with van der Waals surface area (Å²) in [6.07, 6.45) is 1.50. The Balaban J connectivity index is 2.42. The van der Waals surface area contributed by atoms with Gasteiger partial charge in [-0.05, 0) is 38.1 Å². The van der Waals surface area contributed by atoms with Crippen molar-refractivity contribution in [1.82, 2.24) is 10.3 Å². The minimum atomic E-state index is 0.721. The number of hydrogen-bond donors (Lipinski definition) is 1. The second kappa shape index (κ2) is 4.49. The van der Waals surface area contributed by atoms with Crippen molar-refractivity contribution in [2.75, 3.05) is 7.05 Å². The summed E-state index contributed by atoms with van der Waals surface area (Å²) in [6.45, 7) is 4.93. The highest BCUT2D eigenvalue weighted by atomic mass is 16.3. The van der Waals surface area contributed by atoms with Gasteiger partial charge in [0, 0.05) is 12.1 Å². The van der Waals surface area contributed by atoms with Crippen LogP contribution in [0.1, 0.15) is 16.8 Å². The van der Waals surface area contributed by atoms with Crippen LogP contribution in [0, 0.1) is 13.8 Å². The van der Waals surface area contributed by atoms with Gasteiger partial charge in [0.05, 0.1) is 0 Å². The number of benzene rings is 1. The Morgan fingerprint density at radius 3 is 2.75 bits per heavy atom. The minimum Gasteiger partial charge on any atom is -0.443 e. The Hall–Kier alpha value is -1.61. The van der Waals surface area contributed by atoms with Crippen molar-refractivity contribution in [1.29, 1.82) is 0 Å². The molecule has 16 heavy (non-hydrogen) atoms. The zero-order valence-electron chi connectivity index (χ0n) is 9.87. The summed E-state index contributed by atoms with van der Waals surface area (Å²) in [6, 6.07) is 6.31. The van der Waals surface area contributed by atoms with Gasteiger partial charge in [-0.3, -0.25) is 0 Å². The monoisotopic (exact) mass is 216 g/mol. The van der Waals surface area contributed by atoms with E-state index in [-0.39, 0.29) is 0 Å². The van der Waals surface area contributed by atoms with E-state index in [9.17, 15) is 0 Å². The van der Waals surface area contributed by atoms with Gasteiger partial charge < -0.3 is 9.73 Å². The van der Waals surface area contributed by atoms with Crippen LogP contribution in [0.5, 0.6) is 0 Å². The van der Waals surface area contributed by atoms with Crippen molar-refractivity contribution >= 4 is 0 Å². The number of nitrogens with one attached hydrogen (secondary N) is 1. The first-order valence-electron chi connectivity index (χ1n) is 5.37. The second-order valence-electron chi connectivity index (χ2n) is 3.96. The number of aromatic nitrogens is 1. The van der Waals surface area contributed by atoms with Crippen LogP contribution in [0.4, 0.5) is 0 Å². The molecule has 1 heterocycles. The maximum atomic E-state index is 5.45. The molecule has 0 atom stereocenters. The third-order valence-corrected chi connectivity index (χ3v) is 2.75.